The van der Waals surface area contributed by atoms with E-state index in [2.05, 4.69) is 5.92 Å². The fraction of sp³-hybridized carbons (Fsp3) is 0.100. The molecule has 1 aromatic carbocycles. The highest BCUT2D eigenvalue weighted by molar-refractivity contribution is 5.92. The van der Waals surface area contributed by atoms with Crippen molar-refractivity contribution in [2.45, 2.75) is 6.18 Å². The number of halogens is 3. The SMILES string of the molecule is NC(=O)C#Cc1ccc(C(F)(F)F)c(N)c1. The summed E-state index contributed by atoms with van der Waals surface area (Å²) < 4.78 is 36.9. The Kier molecular flexibility index (Phi) is 3.09. The average Bonchev–Trinajstić information content (AvgIpc) is 2.12. The molecule has 6 heteroatoms. The maximum atomic E-state index is 12.3. The van der Waals surface area contributed by atoms with Gasteiger partial charge in [0.05, 0.1) is 5.56 Å². The second kappa shape index (κ2) is 4.14. The molecule has 1 rings (SSSR count). The Labute approximate surface area is 89.2 Å². The van der Waals surface area contributed by atoms with Crippen LogP contribution in [0.2, 0.25) is 0 Å². The van der Waals surface area contributed by atoms with Crippen LogP contribution in [0.3, 0.4) is 0 Å². The van der Waals surface area contributed by atoms with Crippen LogP contribution in [-0.4, -0.2) is 5.91 Å². The molecule has 84 valence electrons. The number of nitrogens with two attached hydrogens (primary N) is 2. The highest BCUT2D eigenvalue weighted by Gasteiger charge is 2.32. The van der Waals surface area contributed by atoms with Crippen LogP contribution in [0.4, 0.5) is 18.9 Å². The molecule has 0 aliphatic heterocycles. The number of carbonyl (C=O) groups is 1. The number of alkyl halides is 3. The van der Waals surface area contributed by atoms with Gasteiger partial charge in [0.1, 0.15) is 0 Å². The lowest BCUT2D eigenvalue weighted by Gasteiger charge is -2.09. The largest absolute Gasteiger partial charge is 0.418 e. The molecule has 0 atom stereocenters. The van der Waals surface area contributed by atoms with Gasteiger partial charge in [-0.2, -0.15) is 13.2 Å². The number of rotatable bonds is 0. The second-order valence-electron chi connectivity index (χ2n) is 2.91. The molecule has 0 saturated carbocycles. The fourth-order valence-electron chi connectivity index (χ4n) is 1.03. The summed E-state index contributed by atoms with van der Waals surface area (Å²) in [7, 11) is 0. The fourth-order valence-corrected chi connectivity index (χ4v) is 1.03. The number of anilines is 1. The van der Waals surface area contributed by atoms with Gasteiger partial charge in [0.2, 0.25) is 0 Å². The van der Waals surface area contributed by atoms with Gasteiger partial charge in [0, 0.05) is 11.3 Å². The lowest BCUT2D eigenvalue weighted by Crippen LogP contribution is -2.09. The van der Waals surface area contributed by atoms with Crippen molar-refractivity contribution in [3.8, 4) is 11.8 Å². The molecular formula is C10H7F3N2O. The minimum Gasteiger partial charge on any atom is -0.398 e. The van der Waals surface area contributed by atoms with E-state index in [1.807, 2.05) is 5.92 Å². The Balaban J connectivity index is 3.11. The van der Waals surface area contributed by atoms with Crippen LogP contribution in [0.15, 0.2) is 18.2 Å². The topological polar surface area (TPSA) is 69.1 Å². The molecule has 0 bridgehead atoms. The molecule has 0 saturated heterocycles. The highest BCUT2D eigenvalue weighted by atomic mass is 19.4. The van der Waals surface area contributed by atoms with Crippen molar-refractivity contribution < 1.29 is 18.0 Å². The van der Waals surface area contributed by atoms with Gasteiger partial charge < -0.3 is 11.5 Å². The molecular weight excluding hydrogens is 221 g/mol. The van der Waals surface area contributed by atoms with Crippen LogP contribution in [0.5, 0.6) is 0 Å². The van der Waals surface area contributed by atoms with Gasteiger partial charge in [0.25, 0.3) is 5.91 Å². The van der Waals surface area contributed by atoms with Crippen LogP contribution in [0.1, 0.15) is 11.1 Å². The average molecular weight is 228 g/mol. The number of carbonyl (C=O) groups excluding carboxylic acids is 1. The number of hydrogen-bond donors (Lipinski definition) is 2. The van der Waals surface area contributed by atoms with E-state index in [-0.39, 0.29) is 5.56 Å². The first kappa shape index (κ1) is 11.9. The summed E-state index contributed by atoms with van der Waals surface area (Å²) >= 11 is 0. The van der Waals surface area contributed by atoms with E-state index in [1.54, 1.807) is 0 Å². The van der Waals surface area contributed by atoms with Crippen LogP contribution >= 0.6 is 0 Å². The van der Waals surface area contributed by atoms with E-state index in [0.717, 1.165) is 18.2 Å². The third kappa shape index (κ3) is 2.92. The zero-order valence-corrected chi connectivity index (χ0v) is 7.93. The minimum absolute atomic E-state index is 0.198. The quantitative estimate of drug-likeness (QED) is 0.516. The summed E-state index contributed by atoms with van der Waals surface area (Å²) in [4.78, 5) is 10.3. The van der Waals surface area contributed by atoms with Crippen molar-refractivity contribution in [1.29, 1.82) is 0 Å². The molecule has 0 radical (unpaired) electrons. The molecule has 0 fully saturated rings. The highest BCUT2D eigenvalue weighted by Crippen LogP contribution is 2.33. The molecule has 0 aromatic heterocycles. The van der Waals surface area contributed by atoms with Crippen molar-refractivity contribution >= 4 is 11.6 Å². The maximum Gasteiger partial charge on any atom is 0.418 e. The molecule has 16 heavy (non-hydrogen) atoms. The van der Waals surface area contributed by atoms with E-state index in [9.17, 15) is 18.0 Å². The Morgan fingerprint density at radius 3 is 2.38 bits per heavy atom. The predicted molar refractivity (Wildman–Crippen MR) is 51.9 cm³/mol. The molecule has 1 amide bonds. The van der Waals surface area contributed by atoms with Crippen LogP contribution in [-0.2, 0) is 11.0 Å². The summed E-state index contributed by atoms with van der Waals surface area (Å²) in [6.45, 7) is 0. The molecule has 0 aliphatic rings. The smallest absolute Gasteiger partial charge is 0.398 e. The van der Waals surface area contributed by atoms with Crippen molar-refractivity contribution in [3.63, 3.8) is 0 Å². The lowest BCUT2D eigenvalue weighted by molar-refractivity contribution is -0.136. The summed E-state index contributed by atoms with van der Waals surface area (Å²) in [6, 6.07) is 2.97. The Bertz CT molecular complexity index is 483. The van der Waals surface area contributed by atoms with Crippen molar-refractivity contribution in [2.75, 3.05) is 5.73 Å². The van der Waals surface area contributed by atoms with Gasteiger partial charge in [-0.05, 0) is 24.1 Å². The first-order valence-corrected chi connectivity index (χ1v) is 4.09. The van der Waals surface area contributed by atoms with Crippen molar-refractivity contribution in [2.24, 2.45) is 5.73 Å². The molecule has 4 N–H and O–H groups in total. The van der Waals surface area contributed by atoms with Crippen LogP contribution < -0.4 is 11.5 Å². The zero-order chi connectivity index (χ0) is 12.3. The summed E-state index contributed by atoms with van der Waals surface area (Å²) in [5.74, 6) is 3.43. The molecule has 3 nitrogen and oxygen atoms in total. The Morgan fingerprint density at radius 1 is 1.31 bits per heavy atom. The number of amides is 1. The number of benzene rings is 1. The third-order valence-electron chi connectivity index (χ3n) is 1.69. The van der Waals surface area contributed by atoms with Gasteiger partial charge >= 0.3 is 6.18 Å². The van der Waals surface area contributed by atoms with Gasteiger partial charge in [-0.25, -0.2) is 0 Å². The molecule has 0 aliphatic carbocycles. The Morgan fingerprint density at radius 2 is 1.94 bits per heavy atom. The van der Waals surface area contributed by atoms with Crippen LogP contribution in [0, 0.1) is 11.8 Å². The normalized spacial score (nSPS) is 10.4. The van der Waals surface area contributed by atoms with Crippen molar-refractivity contribution in [3.05, 3.63) is 29.3 Å². The van der Waals surface area contributed by atoms with E-state index < -0.39 is 23.3 Å². The standard InChI is InChI=1S/C10H7F3N2O/c11-10(12,13)7-3-1-6(5-8(7)14)2-4-9(15)16/h1,3,5H,14H2,(H2,15,16). The van der Waals surface area contributed by atoms with Gasteiger partial charge in [-0.3, -0.25) is 4.79 Å². The minimum atomic E-state index is -4.50. The van der Waals surface area contributed by atoms with E-state index >= 15 is 0 Å². The molecule has 1 aromatic rings. The zero-order valence-electron chi connectivity index (χ0n) is 7.93. The van der Waals surface area contributed by atoms with E-state index in [4.69, 9.17) is 11.5 Å². The molecule has 0 spiro atoms. The van der Waals surface area contributed by atoms with Gasteiger partial charge in [-0.1, -0.05) is 5.92 Å². The maximum absolute atomic E-state index is 12.3. The van der Waals surface area contributed by atoms with E-state index in [1.165, 1.54) is 0 Å². The second-order valence-corrected chi connectivity index (χ2v) is 2.91. The summed E-state index contributed by atoms with van der Waals surface area (Å²) in [5, 5.41) is 0. The Hall–Kier alpha value is -2.16. The monoisotopic (exact) mass is 228 g/mol. The molecule has 0 unspecified atom stereocenters. The summed E-state index contributed by atoms with van der Waals surface area (Å²) in [5.41, 5.74) is 8.79. The lowest BCUT2D eigenvalue weighted by atomic mass is 10.1. The first-order valence-electron chi connectivity index (χ1n) is 4.09. The number of nitrogen functional groups attached to an aromatic ring is 1. The third-order valence-corrected chi connectivity index (χ3v) is 1.69. The molecule has 0 heterocycles. The first-order chi connectivity index (χ1) is 7.30. The number of primary amides is 1. The van der Waals surface area contributed by atoms with Crippen molar-refractivity contribution in [1.82, 2.24) is 0 Å². The summed E-state index contributed by atoms with van der Waals surface area (Å²) in [6.07, 6.45) is -4.50. The van der Waals surface area contributed by atoms with Gasteiger partial charge in [0.15, 0.2) is 0 Å². The van der Waals surface area contributed by atoms with Crippen LogP contribution in [0.25, 0.3) is 0 Å². The van der Waals surface area contributed by atoms with E-state index in [0.29, 0.717) is 0 Å². The van der Waals surface area contributed by atoms with Gasteiger partial charge in [-0.15, -0.1) is 0 Å². The number of hydrogen-bond acceptors (Lipinski definition) is 2. The predicted octanol–water partition coefficient (Wildman–Crippen LogP) is 1.12.